The SMILES string of the molecule is CC(=O)N1c2ccc(S(=O)(=O)NC3CCSc4ccccc43)cc2CC1C. The van der Waals surface area contributed by atoms with Gasteiger partial charge in [-0.1, -0.05) is 18.2 Å². The summed E-state index contributed by atoms with van der Waals surface area (Å²) in [4.78, 5) is 15.0. The van der Waals surface area contributed by atoms with Crippen LogP contribution in [0.2, 0.25) is 0 Å². The molecule has 0 spiro atoms. The average molecular weight is 403 g/mol. The van der Waals surface area contributed by atoms with E-state index in [1.165, 1.54) is 6.92 Å². The van der Waals surface area contributed by atoms with Crippen molar-refractivity contribution in [2.45, 2.75) is 48.6 Å². The summed E-state index contributed by atoms with van der Waals surface area (Å²) in [6.45, 7) is 3.51. The summed E-state index contributed by atoms with van der Waals surface area (Å²) in [5.74, 6) is 0.866. The molecule has 2 aliphatic rings. The molecule has 4 rings (SSSR count). The minimum absolute atomic E-state index is 0.0219. The Balaban J connectivity index is 1.63. The van der Waals surface area contributed by atoms with Gasteiger partial charge in [-0.25, -0.2) is 13.1 Å². The van der Waals surface area contributed by atoms with Crippen LogP contribution in [0.3, 0.4) is 0 Å². The van der Waals surface area contributed by atoms with Crippen LogP contribution in [0.15, 0.2) is 52.3 Å². The third kappa shape index (κ3) is 3.39. The quantitative estimate of drug-likeness (QED) is 0.853. The van der Waals surface area contributed by atoms with Gasteiger partial charge >= 0.3 is 0 Å². The lowest BCUT2D eigenvalue weighted by atomic mass is 10.1. The van der Waals surface area contributed by atoms with E-state index in [0.717, 1.165) is 33.9 Å². The Morgan fingerprint density at radius 2 is 2.00 bits per heavy atom. The van der Waals surface area contributed by atoms with Crippen LogP contribution >= 0.6 is 11.8 Å². The van der Waals surface area contributed by atoms with Gasteiger partial charge in [0.15, 0.2) is 0 Å². The number of nitrogens with zero attached hydrogens (tertiary/aromatic N) is 1. The number of thioether (sulfide) groups is 1. The number of anilines is 1. The van der Waals surface area contributed by atoms with E-state index in [-0.39, 0.29) is 22.9 Å². The Kier molecular flexibility index (Phi) is 4.78. The number of benzene rings is 2. The van der Waals surface area contributed by atoms with Crippen LogP contribution in [0, 0.1) is 0 Å². The molecule has 2 aromatic rings. The highest BCUT2D eigenvalue weighted by molar-refractivity contribution is 7.99. The summed E-state index contributed by atoms with van der Waals surface area (Å²) in [6, 6.07) is 12.8. The molecule has 1 N–H and O–H groups in total. The van der Waals surface area contributed by atoms with Gasteiger partial charge in [-0.05, 0) is 60.9 Å². The second-order valence-electron chi connectivity index (χ2n) is 7.08. The Morgan fingerprint density at radius 3 is 2.78 bits per heavy atom. The number of hydrogen-bond donors (Lipinski definition) is 1. The summed E-state index contributed by atoms with van der Waals surface area (Å²) >= 11 is 1.76. The Bertz CT molecular complexity index is 1000. The van der Waals surface area contributed by atoms with E-state index in [9.17, 15) is 13.2 Å². The number of hydrogen-bond acceptors (Lipinski definition) is 4. The highest BCUT2D eigenvalue weighted by atomic mass is 32.2. The largest absolute Gasteiger partial charge is 0.309 e. The summed E-state index contributed by atoms with van der Waals surface area (Å²) < 4.78 is 28.9. The highest BCUT2D eigenvalue weighted by Gasteiger charge is 2.31. The number of sulfonamides is 1. The lowest BCUT2D eigenvalue weighted by molar-refractivity contribution is -0.116. The summed E-state index contributed by atoms with van der Waals surface area (Å²) in [6.07, 6.45) is 1.43. The number of rotatable bonds is 3. The van der Waals surface area contributed by atoms with Gasteiger partial charge in [-0.15, -0.1) is 11.8 Å². The van der Waals surface area contributed by atoms with Crippen molar-refractivity contribution < 1.29 is 13.2 Å². The second kappa shape index (κ2) is 6.96. The minimum atomic E-state index is -3.64. The van der Waals surface area contributed by atoms with Crippen LogP contribution in [0.1, 0.15) is 37.4 Å². The van der Waals surface area contributed by atoms with Crippen LogP contribution < -0.4 is 9.62 Å². The van der Waals surface area contributed by atoms with Crippen molar-refractivity contribution in [3.63, 3.8) is 0 Å². The average Bonchev–Trinajstić information content (AvgIpc) is 2.97. The number of nitrogens with one attached hydrogen (secondary N) is 1. The van der Waals surface area contributed by atoms with Crippen LogP contribution in [0.4, 0.5) is 5.69 Å². The lowest BCUT2D eigenvalue weighted by Crippen LogP contribution is -2.33. The number of amides is 1. The molecule has 1 amide bonds. The van der Waals surface area contributed by atoms with Crippen LogP contribution in [-0.4, -0.2) is 26.1 Å². The first kappa shape index (κ1) is 18.5. The lowest BCUT2D eigenvalue weighted by Gasteiger charge is -2.25. The third-order valence-corrected chi connectivity index (χ3v) is 7.76. The molecule has 2 atom stereocenters. The molecule has 2 aromatic carbocycles. The van der Waals surface area contributed by atoms with Crippen molar-refractivity contribution >= 4 is 33.4 Å². The summed E-state index contributed by atoms with van der Waals surface area (Å²) in [5, 5.41) is 0. The Labute approximate surface area is 164 Å². The topological polar surface area (TPSA) is 66.5 Å². The molecule has 2 unspecified atom stereocenters. The van der Waals surface area contributed by atoms with E-state index in [1.54, 1.807) is 34.9 Å². The zero-order valence-corrected chi connectivity index (χ0v) is 16.9. The van der Waals surface area contributed by atoms with Gasteiger partial charge in [-0.3, -0.25) is 4.79 Å². The molecule has 2 aliphatic heterocycles. The van der Waals surface area contributed by atoms with Crippen LogP contribution in [-0.2, 0) is 21.2 Å². The highest BCUT2D eigenvalue weighted by Crippen LogP contribution is 2.37. The summed E-state index contributed by atoms with van der Waals surface area (Å²) in [5.41, 5.74) is 2.75. The molecule has 0 bridgehead atoms. The van der Waals surface area contributed by atoms with E-state index >= 15 is 0 Å². The molecule has 7 heteroatoms. The molecule has 27 heavy (non-hydrogen) atoms. The fourth-order valence-corrected chi connectivity index (χ4v) is 6.40. The Hall–Kier alpha value is -1.83. The maximum absolute atomic E-state index is 13.0. The van der Waals surface area contributed by atoms with Gasteiger partial charge in [0.2, 0.25) is 15.9 Å². The fraction of sp³-hybridized carbons (Fsp3) is 0.350. The van der Waals surface area contributed by atoms with Gasteiger partial charge in [0.25, 0.3) is 0 Å². The molecule has 0 saturated carbocycles. The first-order chi connectivity index (χ1) is 12.9. The first-order valence-corrected chi connectivity index (χ1v) is 11.5. The first-order valence-electron chi connectivity index (χ1n) is 9.03. The van der Waals surface area contributed by atoms with Crippen molar-refractivity contribution in [1.82, 2.24) is 4.72 Å². The van der Waals surface area contributed by atoms with E-state index in [2.05, 4.69) is 4.72 Å². The van der Waals surface area contributed by atoms with Crippen molar-refractivity contribution in [2.75, 3.05) is 10.7 Å². The van der Waals surface area contributed by atoms with Gasteiger partial charge in [0.05, 0.1) is 4.90 Å². The Morgan fingerprint density at radius 1 is 1.22 bits per heavy atom. The molecule has 2 heterocycles. The van der Waals surface area contributed by atoms with Gasteiger partial charge in [0, 0.05) is 29.6 Å². The molecule has 0 radical (unpaired) electrons. The number of carbonyl (C=O) groups is 1. The predicted octanol–water partition coefficient (Wildman–Crippen LogP) is 3.50. The van der Waals surface area contributed by atoms with Crippen molar-refractivity contribution in [3.8, 4) is 0 Å². The monoisotopic (exact) mass is 402 g/mol. The van der Waals surface area contributed by atoms with Crippen molar-refractivity contribution in [3.05, 3.63) is 53.6 Å². The van der Waals surface area contributed by atoms with Gasteiger partial charge in [-0.2, -0.15) is 0 Å². The molecule has 5 nitrogen and oxygen atoms in total. The maximum Gasteiger partial charge on any atom is 0.241 e. The molecule has 142 valence electrons. The van der Waals surface area contributed by atoms with E-state index in [1.807, 2.05) is 31.2 Å². The molecule has 0 fully saturated rings. The normalized spacial score (nSPS) is 21.6. The van der Waals surface area contributed by atoms with Crippen molar-refractivity contribution in [1.29, 1.82) is 0 Å². The number of fused-ring (bicyclic) bond motifs is 2. The molecule has 0 saturated heterocycles. The zero-order chi connectivity index (χ0) is 19.2. The smallest absolute Gasteiger partial charge is 0.241 e. The molecular formula is C20H22N2O3S2. The van der Waals surface area contributed by atoms with E-state index < -0.39 is 10.0 Å². The van der Waals surface area contributed by atoms with Gasteiger partial charge in [0.1, 0.15) is 0 Å². The second-order valence-corrected chi connectivity index (χ2v) is 9.93. The maximum atomic E-state index is 13.0. The zero-order valence-electron chi connectivity index (χ0n) is 15.3. The molecule has 0 aromatic heterocycles. The molecule has 0 aliphatic carbocycles. The number of carbonyl (C=O) groups excluding carboxylic acids is 1. The minimum Gasteiger partial charge on any atom is -0.309 e. The van der Waals surface area contributed by atoms with Gasteiger partial charge < -0.3 is 4.90 Å². The predicted molar refractivity (Wildman–Crippen MR) is 108 cm³/mol. The standard InChI is InChI=1S/C20H22N2O3S2/c1-13-11-15-12-16(7-8-19(15)22(13)14(2)23)27(24,25)21-18-9-10-26-20-6-4-3-5-17(18)20/h3-8,12-13,18,21H,9-11H2,1-2H3. The molecular weight excluding hydrogens is 380 g/mol. The summed E-state index contributed by atoms with van der Waals surface area (Å²) in [7, 11) is -3.64. The van der Waals surface area contributed by atoms with Crippen LogP contribution in [0.5, 0.6) is 0 Å². The van der Waals surface area contributed by atoms with E-state index in [0.29, 0.717) is 6.42 Å². The van der Waals surface area contributed by atoms with Crippen LogP contribution in [0.25, 0.3) is 0 Å². The third-order valence-electron chi connectivity index (χ3n) is 5.17. The fourth-order valence-electron chi connectivity index (χ4n) is 3.97. The van der Waals surface area contributed by atoms with E-state index in [4.69, 9.17) is 0 Å². The van der Waals surface area contributed by atoms with Crippen molar-refractivity contribution in [2.24, 2.45) is 0 Å².